The lowest BCUT2D eigenvalue weighted by molar-refractivity contribution is -0.122. The Morgan fingerprint density at radius 3 is 2.43 bits per heavy atom. The Kier molecular flexibility index (Phi) is 4.39. The number of hydrogen-bond acceptors (Lipinski definition) is 2. The normalized spacial score (nSPS) is 27.7. The predicted molar refractivity (Wildman–Crippen MR) is 55.9 cm³/mol. The highest BCUT2D eigenvalue weighted by molar-refractivity contribution is 5.76. The van der Waals surface area contributed by atoms with Gasteiger partial charge in [-0.05, 0) is 31.6 Å². The molecule has 82 valence electrons. The maximum atomic E-state index is 11.4. The maximum Gasteiger partial charge on any atom is 0.220 e. The van der Waals surface area contributed by atoms with Gasteiger partial charge in [0, 0.05) is 12.5 Å². The highest BCUT2D eigenvalue weighted by Gasteiger charge is 2.20. The van der Waals surface area contributed by atoms with Crippen molar-refractivity contribution in [1.29, 1.82) is 0 Å². The summed E-state index contributed by atoms with van der Waals surface area (Å²) < 4.78 is 0. The molecule has 0 spiro atoms. The van der Waals surface area contributed by atoms with E-state index < -0.39 is 0 Å². The highest BCUT2D eigenvalue weighted by atomic mass is 16.3. The van der Waals surface area contributed by atoms with Gasteiger partial charge in [0.2, 0.25) is 5.91 Å². The molecule has 1 rings (SSSR count). The van der Waals surface area contributed by atoms with E-state index in [-0.39, 0.29) is 12.0 Å². The average molecular weight is 199 g/mol. The molecule has 1 aliphatic rings. The molecule has 1 saturated carbocycles. The molecule has 0 saturated heterocycles. The Bertz CT molecular complexity index is 184. The van der Waals surface area contributed by atoms with Crippen molar-refractivity contribution in [3.8, 4) is 0 Å². The molecule has 1 aliphatic carbocycles. The van der Waals surface area contributed by atoms with E-state index in [1.807, 2.05) is 13.8 Å². The largest absolute Gasteiger partial charge is 0.393 e. The van der Waals surface area contributed by atoms with Gasteiger partial charge in [0.15, 0.2) is 0 Å². The summed E-state index contributed by atoms with van der Waals surface area (Å²) in [6.07, 6.45) is 3.96. The van der Waals surface area contributed by atoms with E-state index in [0.717, 1.165) is 25.7 Å². The number of nitrogens with one attached hydrogen (secondary N) is 1. The molecule has 0 aliphatic heterocycles. The Morgan fingerprint density at radius 2 is 1.93 bits per heavy atom. The topological polar surface area (TPSA) is 49.3 Å². The molecular formula is C11H21NO2. The number of aliphatic hydroxyl groups is 1. The zero-order valence-electron chi connectivity index (χ0n) is 9.12. The van der Waals surface area contributed by atoms with E-state index in [9.17, 15) is 9.90 Å². The Morgan fingerprint density at radius 1 is 1.36 bits per heavy atom. The number of hydrogen-bond donors (Lipinski definition) is 2. The van der Waals surface area contributed by atoms with Crippen molar-refractivity contribution in [3.05, 3.63) is 0 Å². The number of carbonyl (C=O) groups excluding carboxylic acids is 1. The van der Waals surface area contributed by atoms with E-state index in [2.05, 4.69) is 5.32 Å². The molecule has 0 atom stereocenters. The maximum absolute atomic E-state index is 11.4. The van der Waals surface area contributed by atoms with E-state index in [1.54, 1.807) is 0 Å². The zero-order valence-corrected chi connectivity index (χ0v) is 9.12. The molecule has 1 amide bonds. The fourth-order valence-electron chi connectivity index (χ4n) is 1.88. The fourth-order valence-corrected chi connectivity index (χ4v) is 1.88. The first-order chi connectivity index (χ1) is 6.58. The Balaban J connectivity index is 2.20. The van der Waals surface area contributed by atoms with Gasteiger partial charge in [-0.25, -0.2) is 0 Å². The van der Waals surface area contributed by atoms with E-state index in [4.69, 9.17) is 0 Å². The van der Waals surface area contributed by atoms with Crippen LogP contribution in [0.5, 0.6) is 0 Å². The van der Waals surface area contributed by atoms with Gasteiger partial charge in [0.25, 0.3) is 0 Å². The second-order valence-corrected chi connectivity index (χ2v) is 4.67. The van der Waals surface area contributed by atoms with Crippen molar-refractivity contribution >= 4 is 5.91 Å². The minimum atomic E-state index is -0.145. The van der Waals surface area contributed by atoms with Gasteiger partial charge < -0.3 is 10.4 Å². The SMILES string of the molecule is CC(C)CC(=O)NC1CCC(O)CC1. The summed E-state index contributed by atoms with van der Waals surface area (Å²) in [5.74, 6) is 0.575. The number of carbonyl (C=O) groups is 1. The second kappa shape index (κ2) is 5.35. The summed E-state index contributed by atoms with van der Waals surface area (Å²) >= 11 is 0. The minimum absolute atomic E-state index is 0.145. The fraction of sp³-hybridized carbons (Fsp3) is 0.909. The molecule has 0 aromatic heterocycles. The van der Waals surface area contributed by atoms with Crippen LogP contribution >= 0.6 is 0 Å². The quantitative estimate of drug-likeness (QED) is 0.723. The molecule has 0 aromatic carbocycles. The first-order valence-electron chi connectivity index (χ1n) is 5.55. The van der Waals surface area contributed by atoms with Crippen LogP contribution in [0, 0.1) is 5.92 Å². The molecule has 0 unspecified atom stereocenters. The van der Waals surface area contributed by atoms with E-state index in [1.165, 1.54) is 0 Å². The van der Waals surface area contributed by atoms with Gasteiger partial charge in [-0.1, -0.05) is 13.8 Å². The third-order valence-corrected chi connectivity index (χ3v) is 2.66. The first-order valence-corrected chi connectivity index (χ1v) is 5.55. The van der Waals surface area contributed by atoms with Crippen LogP contribution in [0.15, 0.2) is 0 Å². The van der Waals surface area contributed by atoms with Crippen molar-refractivity contribution < 1.29 is 9.90 Å². The molecular weight excluding hydrogens is 178 g/mol. The third kappa shape index (κ3) is 4.09. The smallest absolute Gasteiger partial charge is 0.220 e. The lowest BCUT2D eigenvalue weighted by Gasteiger charge is -2.26. The number of aliphatic hydroxyl groups excluding tert-OH is 1. The Labute approximate surface area is 85.9 Å². The molecule has 14 heavy (non-hydrogen) atoms. The molecule has 0 heterocycles. The zero-order chi connectivity index (χ0) is 10.6. The first kappa shape index (κ1) is 11.5. The van der Waals surface area contributed by atoms with Crippen LogP contribution < -0.4 is 5.32 Å². The van der Waals surface area contributed by atoms with Crippen LogP contribution in [0.25, 0.3) is 0 Å². The van der Waals surface area contributed by atoms with Crippen molar-refractivity contribution in [3.63, 3.8) is 0 Å². The van der Waals surface area contributed by atoms with Crippen LogP contribution in [-0.4, -0.2) is 23.2 Å². The lowest BCUT2D eigenvalue weighted by atomic mass is 9.93. The number of rotatable bonds is 3. The summed E-state index contributed by atoms with van der Waals surface area (Å²) in [6.45, 7) is 4.09. The van der Waals surface area contributed by atoms with Gasteiger partial charge in [-0.3, -0.25) is 4.79 Å². The van der Waals surface area contributed by atoms with Crippen molar-refractivity contribution in [2.45, 2.75) is 58.1 Å². The standard InChI is InChI=1S/C11H21NO2/c1-8(2)7-11(14)12-9-3-5-10(13)6-4-9/h8-10,13H,3-7H2,1-2H3,(H,12,14). The van der Waals surface area contributed by atoms with E-state index in [0.29, 0.717) is 18.4 Å². The average Bonchev–Trinajstić information content (AvgIpc) is 2.07. The van der Waals surface area contributed by atoms with Crippen LogP contribution in [0.4, 0.5) is 0 Å². The summed E-state index contributed by atoms with van der Waals surface area (Å²) in [5, 5.41) is 12.3. The predicted octanol–water partition coefficient (Wildman–Crippen LogP) is 1.45. The van der Waals surface area contributed by atoms with Crippen molar-refractivity contribution in [2.75, 3.05) is 0 Å². The summed E-state index contributed by atoms with van der Waals surface area (Å²) in [7, 11) is 0. The molecule has 0 radical (unpaired) electrons. The van der Waals surface area contributed by atoms with Gasteiger partial charge >= 0.3 is 0 Å². The lowest BCUT2D eigenvalue weighted by Crippen LogP contribution is -2.38. The van der Waals surface area contributed by atoms with Gasteiger partial charge in [0.05, 0.1) is 6.10 Å². The summed E-state index contributed by atoms with van der Waals surface area (Å²) in [4.78, 5) is 11.4. The van der Waals surface area contributed by atoms with Crippen LogP contribution in [0.1, 0.15) is 46.0 Å². The molecule has 2 N–H and O–H groups in total. The third-order valence-electron chi connectivity index (χ3n) is 2.66. The Hall–Kier alpha value is -0.570. The number of amides is 1. The molecule has 1 fully saturated rings. The van der Waals surface area contributed by atoms with E-state index >= 15 is 0 Å². The van der Waals surface area contributed by atoms with Crippen LogP contribution in [0.2, 0.25) is 0 Å². The highest BCUT2D eigenvalue weighted by Crippen LogP contribution is 2.18. The molecule has 0 aromatic rings. The molecule has 3 nitrogen and oxygen atoms in total. The van der Waals surface area contributed by atoms with Crippen LogP contribution in [-0.2, 0) is 4.79 Å². The minimum Gasteiger partial charge on any atom is -0.393 e. The van der Waals surface area contributed by atoms with Gasteiger partial charge in [0.1, 0.15) is 0 Å². The van der Waals surface area contributed by atoms with Crippen molar-refractivity contribution in [1.82, 2.24) is 5.32 Å². The molecule has 3 heteroatoms. The molecule has 0 bridgehead atoms. The summed E-state index contributed by atoms with van der Waals surface area (Å²) in [5.41, 5.74) is 0. The summed E-state index contributed by atoms with van der Waals surface area (Å²) in [6, 6.07) is 0.296. The van der Waals surface area contributed by atoms with Gasteiger partial charge in [-0.2, -0.15) is 0 Å². The van der Waals surface area contributed by atoms with Crippen LogP contribution in [0.3, 0.4) is 0 Å². The van der Waals surface area contributed by atoms with Crippen molar-refractivity contribution in [2.24, 2.45) is 5.92 Å². The monoisotopic (exact) mass is 199 g/mol. The second-order valence-electron chi connectivity index (χ2n) is 4.67. The van der Waals surface area contributed by atoms with Gasteiger partial charge in [-0.15, -0.1) is 0 Å².